The number of allylic oxidation sites excluding steroid dienone is 1. The quantitative estimate of drug-likeness (QED) is 0.434. The van der Waals surface area contributed by atoms with Crippen LogP contribution < -0.4 is 0 Å². The third kappa shape index (κ3) is 9.41. The number of esters is 1. The molecule has 0 aliphatic carbocycles. The molecule has 0 saturated carbocycles. The van der Waals surface area contributed by atoms with Crippen molar-refractivity contribution in [3.8, 4) is 0 Å². The third-order valence-corrected chi connectivity index (χ3v) is 2.84. The molecule has 0 fully saturated rings. The second-order valence-corrected chi connectivity index (χ2v) is 7.60. The SMILES string of the molecule is COC(=O)[C@@H](CC/C=C/CO)N(C(=O)OC(C)(C)C)C(=O)OC(C)(C)C. The van der Waals surface area contributed by atoms with E-state index in [1.54, 1.807) is 47.6 Å². The molecule has 1 N–H and O–H groups in total. The van der Waals surface area contributed by atoms with E-state index in [9.17, 15) is 14.4 Å². The van der Waals surface area contributed by atoms with Crippen LogP contribution in [0.1, 0.15) is 54.4 Å². The maximum Gasteiger partial charge on any atom is 0.420 e. The zero-order chi connectivity index (χ0) is 20.5. The van der Waals surface area contributed by atoms with Gasteiger partial charge in [0.2, 0.25) is 0 Å². The summed E-state index contributed by atoms with van der Waals surface area (Å²) >= 11 is 0. The molecule has 0 radical (unpaired) electrons. The van der Waals surface area contributed by atoms with Gasteiger partial charge in [0.1, 0.15) is 17.2 Å². The number of imide groups is 1. The van der Waals surface area contributed by atoms with Crippen molar-refractivity contribution >= 4 is 18.2 Å². The number of rotatable bonds is 6. The summed E-state index contributed by atoms with van der Waals surface area (Å²) in [7, 11) is 1.17. The van der Waals surface area contributed by atoms with E-state index in [0.29, 0.717) is 11.3 Å². The van der Waals surface area contributed by atoms with Crippen molar-refractivity contribution in [3.05, 3.63) is 12.2 Å². The van der Waals surface area contributed by atoms with Crippen LogP contribution in [0.25, 0.3) is 0 Å². The number of ether oxygens (including phenoxy) is 3. The van der Waals surface area contributed by atoms with Crippen LogP contribution in [0.2, 0.25) is 0 Å². The number of hydrogen-bond donors (Lipinski definition) is 1. The van der Waals surface area contributed by atoms with Gasteiger partial charge in [-0.25, -0.2) is 14.4 Å². The minimum Gasteiger partial charge on any atom is -0.467 e. The lowest BCUT2D eigenvalue weighted by molar-refractivity contribution is -0.146. The fourth-order valence-corrected chi connectivity index (χ4v) is 1.89. The first-order valence-electron chi connectivity index (χ1n) is 8.41. The van der Waals surface area contributed by atoms with E-state index < -0.39 is 35.4 Å². The van der Waals surface area contributed by atoms with Crippen LogP contribution in [0.3, 0.4) is 0 Å². The second-order valence-electron chi connectivity index (χ2n) is 7.60. The molecule has 0 rings (SSSR count). The molecule has 0 heterocycles. The highest BCUT2D eigenvalue weighted by molar-refractivity contribution is 5.94. The summed E-state index contributed by atoms with van der Waals surface area (Å²) in [6.07, 6.45) is 1.59. The molecule has 0 aliphatic rings. The van der Waals surface area contributed by atoms with Crippen LogP contribution in [0, 0.1) is 0 Å². The van der Waals surface area contributed by atoms with Gasteiger partial charge >= 0.3 is 18.2 Å². The largest absolute Gasteiger partial charge is 0.467 e. The van der Waals surface area contributed by atoms with Crippen molar-refractivity contribution in [2.75, 3.05) is 13.7 Å². The monoisotopic (exact) mass is 373 g/mol. The van der Waals surface area contributed by atoms with E-state index >= 15 is 0 Å². The molecule has 8 heteroatoms. The Kier molecular flexibility index (Phi) is 9.34. The van der Waals surface area contributed by atoms with Crippen molar-refractivity contribution in [3.63, 3.8) is 0 Å². The van der Waals surface area contributed by atoms with Gasteiger partial charge in [0, 0.05) is 0 Å². The summed E-state index contributed by atoms with van der Waals surface area (Å²) in [6.45, 7) is 9.74. The number of methoxy groups -OCH3 is 1. The van der Waals surface area contributed by atoms with Crippen LogP contribution in [0.15, 0.2) is 12.2 Å². The van der Waals surface area contributed by atoms with E-state index in [2.05, 4.69) is 0 Å². The Hall–Kier alpha value is -2.09. The summed E-state index contributed by atoms with van der Waals surface area (Å²) in [4.78, 5) is 38.0. The molecule has 2 amide bonds. The minimum atomic E-state index is -1.21. The summed E-state index contributed by atoms with van der Waals surface area (Å²) in [5.41, 5.74) is -1.73. The first-order valence-corrected chi connectivity index (χ1v) is 8.41. The molecule has 1 atom stereocenters. The van der Waals surface area contributed by atoms with E-state index in [-0.39, 0.29) is 13.0 Å². The van der Waals surface area contributed by atoms with Gasteiger partial charge in [0.25, 0.3) is 0 Å². The Labute approximate surface area is 155 Å². The maximum absolute atomic E-state index is 12.6. The molecule has 0 aromatic carbocycles. The Bertz CT molecular complexity index is 487. The normalized spacial score (nSPS) is 13.2. The number of amides is 2. The van der Waals surface area contributed by atoms with Crippen LogP contribution in [0.4, 0.5) is 9.59 Å². The standard InChI is InChI=1S/C18H31NO7/c1-17(2,3)25-15(22)19(16(23)26-18(4,5)6)13(14(21)24-7)11-9-8-10-12-20/h8,10,13,20H,9,11-12H2,1-7H3/b10-8+/t13-/m1/s1. The molecule has 8 nitrogen and oxygen atoms in total. The first kappa shape index (κ1) is 23.9. The predicted octanol–water partition coefficient (Wildman–Crippen LogP) is 3.03. The van der Waals surface area contributed by atoms with Crippen molar-refractivity contribution < 1.29 is 33.7 Å². The number of carbonyl (C=O) groups is 3. The molecular weight excluding hydrogens is 342 g/mol. The van der Waals surface area contributed by atoms with Crippen LogP contribution in [-0.4, -0.2) is 59.1 Å². The Morgan fingerprint density at radius 1 is 0.962 bits per heavy atom. The molecule has 0 spiro atoms. The van der Waals surface area contributed by atoms with Crippen LogP contribution >= 0.6 is 0 Å². The Morgan fingerprint density at radius 3 is 1.77 bits per heavy atom. The maximum atomic E-state index is 12.6. The lowest BCUT2D eigenvalue weighted by Crippen LogP contribution is -2.52. The molecule has 0 aromatic rings. The van der Waals surface area contributed by atoms with E-state index in [4.69, 9.17) is 19.3 Å². The smallest absolute Gasteiger partial charge is 0.420 e. The van der Waals surface area contributed by atoms with Crippen molar-refractivity contribution in [1.29, 1.82) is 0 Å². The van der Waals surface area contributed by atoms with Gasteiger partial charge < -0.3 is 19.3 Å². The molecule has 0 aliphatic heterocycles. The molecule has 0 unspecified atom stereocenters. The lowest BCUT2D eigenvalue weighted by atomic mass is 10.1. The summed E-state index contributed by atoms with van der Waals surface area (Å²) < 4.78 is 15.3. The summed E-state index contributed by atoms with van der Waals surface area (Å²) in [5.74, 6) is -0.765. The second kappa shape index (κ2) is 10.2. The van der Waals surface area contributed by atoms with Gasteiger partial charge in [0.15, 0.2) is 0 Å². The van der Waals surface area contributed by atoms with Gasteiger partial charge in [-0.1, -0.05) is 12.2 Å². The number of aliphatic hydroxyl groups is 1. The van der Waals surface area contributed by atoms with Crippen molar-refractivity contribution in [2.45, 2.75) is 71.6 Å². The highest BCUT2D eigenvalue weighted by atomic mass is 16.6. The van der Waals surface area contributed by atoms with Gasteiger partial charge in [0.05, 0.1) is 13.7 Å². The average Bonchev–Trinajstić information content (AvgIpc) is 2.45. The lowest BCUT2D eigenvalue weighted by Gasteiger charge is -2.32. The first-order chi connectivity index (χ1) is 11.8. The highest BCUT2D eigenvalue weighted by Gasteiger charge is 2.40. The number of carbonyl (C=O) groups excluding carboxylic acids is 3. The zero-order valence-electron chi connectivity index (χ0n) is 16.7. The number of hydrogen-bond acceptors (Lipinski definition) is 7. The Balaban J connectivity index is 5.69. The summed E-state index contributed by atoms with van der Waals surface area (Å²) in [6, 6.07) is -1.21. The van der Waals surface area contributed by atoms with Gasteiger partial charge in [-0.05, 0) is 54.4 Å². The fourth-order valence-electron chi connectivity index (χ4n) is 1.89. The molecule has 150 valence electrons. The zero-order valence-corrected chi connectivity index (χ0v) is 16.7. The number of aliphatic hydroxyl groups excluding tert-OH is 1. The molecular formula is C18H31NO7. The number of nitrogens with zero attached hydrogens (tertiary/aromatic N) is 1. The molecule has 0 aromatic heterocycles. The summed E-state index contributed by atoms with van der Waals surface area (Å²) in [5, 5.41) is 8.79. The van der Waals surface area contributed by atoms with Crippen molar-refractivity contribution in [1.82, 2.24) is 4.90 Å². The predicted molar refractivity (Wildman–Crippen MR) is 95.6 cm³/mol. The van der Waals surface area contributed by atoms with Crippen molar-refractivity contribution in [2.24, 2.45) is 0 Å². The topological polar surface area (TPSA) is 102 Å². The highest BCUT2D eigenvalue weighted by Crippen LogP contribution is 2.20. The minimum absolute atomic E-state index is 0.0989. The van der Waals surface area contributed by atoms with Gasteiger partial charge in [-0.3, -0.25) is 0 Å². The van der Waals surface area contributed by atoms with Gasteiger partial charge in [-0.2, -0.15) is 4.90 Å². The van der Waals surface area contributed by atoms with Crippen LogP contribution in [0.5, 0.6) is 0 Å². The molecule has 0 bridgehead atoms. The van der Waals surface area contributed by atoms with Gasteiger partial charge in [-0.15, -0.1) is 0 Å². The molecule has 26 heavy (non-hydrogen) atoms. The van der Waals surface area contributed by atoms with Crippen LogP contribution in [-0.2, 0) is 19.0 Å². The Morgan fingerprint density at radius 2 is 1.42 bits per heavy atom. The van der Waals surface area contributed by atoms with E-state index in [0.717, 1.165) is 0 Å². The molecule has 0 saturated heterocycles. The van der Waals surface area contributed by atoms with E-state index in [1.165, 1.54) is 13.2 Å². The average molecular weight is 373 g/mol. The fraction of sp³-hybridized carbons (Fsp3) is 0.722. The van der Waals surface area contributed by atoms with E-state index in [1.807, 2.05) is 0 Å². The third-order valence-electron chi connectivity index (χ3n) is 2.84.